The summed E-state index contributed by atoms with van der Waals surface area (Å²) in [4.78, 5) is 6.73. The molecule has 32 heavy (non-hydrogen) atoms. The maximum atomic E-state index is 6.57. The number of hydrogen-bond donors (Lipinski definition) is 1. The lowest BCUT2D eigenvalue weighted by Gasteiger charge is -2.30. The lowest BCUT2D eigenvalue weighted by atomic mass is 10.0. The summed E-state index contributed by atoms with van der Waals surface area (Å²) in [6.07, 6.45) is 3.92. The SMILES string of the molecule is COCCOc1ccc(N2C(=S)NC(c3ccccn3)C2c2cccn2C(C)C)cc1Cl. The fourth-order valence-corrected chi connectivity index (χ4v) is 4.63. The number of ether oxygens (including phenoxy) is 2. The van der Waals surface area contributed by atoms with Crippen molar-refractivity contribution >= 4 is 34.6 Å². The van der Waals surface area contributed by atoms with Crippen molar-refractivity contribution in [1.29, 1.82) is 0 Å². The predicted octanol–water partition coefficient (Wildman–Crippen LogP) is 5.32. The van der Waals surface area contributed by atoms with E-state index in [2.05, 4.69) is 51.9 Å². The summed E-state index contributed by atoms with van der Waals surface area (Å²) in [5.41, 5.74) is 2.98. The summed E-state index contributed by atoms with van der Waals surface area (Å²) in [6, 6.07) is 16.0. The highest BCUT2D eigenvalue weighted by atomic mass is 35.5. The number of nitrogens with zero attached hydrogens (tertiary/aromatic N) is 3. The van der Waals surface area contributed by atoms with Crippen LogP contribution in [0.1, 0.15) is 43.4 Å². The molecule has 0 aliphatic carbocycles. The monoisotopic (exact) mass is 470 g/mol. The third kappa shape index (κ3) is 4.46. The van der Waals surface area contributed by atoms with Crippen molar-refractivity contribution in [2.45, 2.75) is 32.0 Å². The Labute approximate surface area is 199 Å². The van der Waals surface area contributed by atoms with E-state index in [0.717, 1.165) is 17.1 Å². The third-order valence-corrected chi connectivity index (χ3v) is 6.12. The molecule has 3 aromatic rings. The van der Waals surface area contributed by atoms with Gasteiger partial charge >= 0.3 is 0 Å². The predicted molar refractivity (Wildman–Crippen MR) is 132 cm³/mol. The number of rotatable bonds is 8. The molecule has 0 bridgehead atoms. The van der Waals surface area contributed by atoms with Crippen molar-refractivity contribution in [1.82, 2.24) is 14.9 Å². The minimum Gasteiger partial charge on any atom is -0.490 e. The van der Waals surface area contributed by atoms with E-state index in [-0.39, 0.29) is 12.1 Å². The summed E-state index contributed by atoms with van der Waals surface area (Å²) in [6.45, 7) is 5.28. The fourth-order valence-electron chi connectivity index (χ4n) is 4.05. The highest BCUT2D eigenvalue weighted by molar-refractivity contribution is 7.80. The van der Waals surface area contributed by atoms with Gasteiger partial charge < -0.3 is 24.3 Å². The highest BCUT2D eigenvalue weighted by Gasteiger charge is 2.42. The highest BCUT2D eigenvalue weighted by Crippen LogP contribution is 2.43. The number of thiocarbonyl (C=S) groups is 1. The second-order valence-electron chi connectivity index (χ2n) is 7.89. The van der Waals surface area contributed by atoms with E-state index in [4.69, 9.17) is 33.3 Å². The van der Waals surface area contributed by atoms with Gasteiger partial charge in [-0.1, -0.05) is 17.7 Å². The van der Waals surface area contributed by atoms with E-state index in [1.165, 1.54) is 0 Å². The van der Waals surface area contributed by atoms with Gasteiger partial charge in [-0.15, -0.1) is 0 Å². The van der Waals surface area contributed by atoms with Gasteiger partial charge in [0.25, 0.3) is 0 Å². The molecule has 1 saturated heterocycles. The minimum atomic E-state index is -0.104. The summed E-state index contributed by atoms with van der Waals surface area (Å²) in [5.74, 6) is 0.619. The molecular formula is C24H27ClN4O2S. The smallest absolute Gasteiger partial charge is 0.174 e. The molecule has 2 atom stereocenters. The Balaban J connectivity index is 1.75. The average Bonchev–Trinajstić information content (AvgIpc) is 3.40. The van der Waals surface area contributed by atoms with Crippen LogP contribution in [-0.4, -0.2) is 35.0 Å². The van der Waals surface area contributed by atoms with Crippen molar-refractivity contribution in [3.05, 3.63) is 77.3 Å². The number of anilines is 1. The van der Waals surface area contributed by atoms with Crippen molar-refractivity contribution in [3.63, 3.8) is 0 Å². The molecule has 2 unspecified atom stereocenters. The van der Waals surface area contributed by atoms with E-state index in [0.29, 0.717) is 35.1 Å². The van der Waals surface area contributed by atoms with Crippen LogP contribution >= 0.6 is 23.8 Å². The van der Waals surface area contributed by atoms with E-state index in [9.17, 15) is 0 Å². The van der Waals surface area contributed by atoms with Crippen LogP contribution < -0.4 is 15.0 Å². The van der Waals surface area contributed by atoms with Gasteiger partial charge in [-0.05, 0) is 68.5 Å². The first-order valence-electron chi connectivity index (χ1n) is 10.6. The van der Waals surface area contributed by atoms with Crippen LogP contribution in [-0.2, 0) is 4.74 Å². The molecule has 168 valence electrons. The molecule has 2 aromatic heterocycles. The zero-order valence-electron chi connectivity index (χ0n) is 18.4. The van der Waals surface area contributed by atoms with Gasteiger partial charge in [0, 0.05) is 36.9 Å². The van der Waals surface area contributed by atoms with Gasteiger partial charge in [-0.3, -0.25) is 4.98 Å². The van der Waals surface area contributed by atoms with Crippen LogP contribution in [0.4, 0.5) is 5.69 Å². The quantitative estimate of drug-likeness (QED) is 0.355. The van der Waals surface area contributed by atoms with Gasteiger partial charge in [0.15, 0.2) is 5.11 Å². The Bertz CT molecular complexity index is 1070. The largest absolute Gasteiger partial charge is 0.490 e. The van der Waals surface area contributed by atoms with Crippen molar-refractivity contribution in [3.8, 4) is 5.75 Å². The summed E-state index contributed by atoms with van der Waals surface area (Å²) in [7, 11) is 1.64. The van der Waals surface area contributed by atoms with Gasteiger partial charge in [0.05, 0.1) is 23.4 Å². The molecule has 1 aromatic carbocycles. The zero-order chi connectivity index (χ0) is 22.7. The molecule has 1 N–H and O–H groups in total. The van der Waals surface area contributed by atoms with Gasteiger partial charge in [-0.2, -0.15) is 0 Å². The number of pyridine rings is 1. The summed E-state index contributed by atoms with van der Waals surface area (Å²) < 4.78 is 13.0. The number of halogens is 1. The maximum Gasteiger partial charge on any atom is 0.174 e. The molecule has 4 rings (SSSR count). The van der Waals surface area contributed by atoms with Crippen LogP contribution in [0.3, 0.4) is 0 Å². The standard InChI is InChI=1S/C24H27ClN4O2S/c1-16(2)28-12-6-8-20(28)23-22(19-7-4-5-11-26-19)27-24(32)29(23)17-9-10-21(18(25)15-17)31-14-13-30-3/h4-12,15-16,22-23H,13-14H2,1-3H3,(H,27,32). The third-order valence-electron chi connectivity index (χ3n) is 5.51. The molecular weight excluding hydrogens is 444 g/mol. The second-order valence-corrected chi connectivity index (χ2v) is 8.68. The molecule has 0 saturated carbocycles. The van der Waals surface area contributed by atoms with Gasteiger partial charge in [0.2, 0.25) is 0 Å². The molecule has 3 heterocycles. The molecule has 6 nitrogen and oxygen atoms in total. The number of benzene rings is 1. The maximum absolute atomic E-state index is 6.57. The van der Waals surface area contributed by atoms with E-state index in [1.54, 1.807) is 7.11 Å². The molecule has 0 amide bonds. The van der Waals surface area contributed by atoms with E-state index >= 15 is 0 Å². The number of hydrogen-bond acceptors (Lipinski definition) is 4. The van der Waals surface area contributed by atoms with Gasteiger partial charge in [-0.25, -0.2) is 0 Å². The minimum absolute atomic E-state index is 0.0915. The summed E-state index contributed by atoms with van der Waals surface area (Å²) >= 11 is 12.4. The number of aromatic nitrogens is 2. The number of methoxy groups -OCH3 is 1. The van der Waals surface area contributed by atoms with Crippen molar-refractivity contribution < 1.29 is 9.47 Å². The Kier molecular flexibility index (Phi) is 6.98. The van der Waals surface area contributed by atoms with Crippen molar-refractivity contribution in [2.24, 2.45) is 0 Å². The molecule has 0 radical (unpaired) electrons. The first-order valence-corrected chi connectivity index (χ1v) is 11.4. The Hall–Kier alpha value is -2.61. The Morgan fingerprint density at radius 2 is 2.00 bits per heavy atom. The van der Waals surface area contributed by atoms with Crippen LogP contribution in [0.15, 0.2) is 60.9 Å². The molecule has 1 fully saturated rings. The normalized spacial score (nSPS) is 18.3. The van der Waals surface area contributed by atoms with E-state index < -0.39 is 0 Å². The molecule has 1 aliphatic heterocycles. The van der Waals surface area contributed by atoms with Crippen molar-refractivity contribution in [2.75, 3.05) is 25.2 Å². The first-order chi connectivity index (χ1) is 15.5. The van der Waals surface area contributed by atoms with E-state index in [1.807, 2.05) is 42.6 Å². The van der Waals surface area contributed by atoms with Gasteiger partial charge in [0.1, 0.15) is 18.4 Å². The average molecular weight is 471 g/mol. The lowest BCUT2D eigenvalue weighted by Crippen LogP contribution is -2.30. The lowest BCUT2D eigenvalue weighted by molar-refractivity contribution is 0.146. The first kappa shape index (κ1) is 22.6. The van der Waals surface area contributed by atoms with Crippen LogP contribution in [0, 0.1) is 0 Å². The second kappa shape index (κ2) is 9.90. The van der Waals surface area contributed by atoms with Crippen LogP contribution in [0.2, 0.25) is 5.02 Å². The Morgan fingerprint density at radius 1 is 1.16 bits per heavy atom. The van der Waals surface area contributed by atoms with Crippen LogP contribution in [0.5, 0.6) is 5.75 Å². The molecule has 1 aliphatic rings. The summed E-state index contributed by atoms with van der Waals surface area (Å²) in [5, 5.41) is 4.65. The topological polar surface area (TPSA) is 51.6 Å². The molecule has 8 heteroatoms. The zero-order valence-corrected chi connectivity index (χ0v) is 19.9. The Morgan fingerprint density at radius 3 is 2.69 bits per heavy atom. The van der Waals surface area contributed by atoms with Crippen LogP contribution in [0.25, 0.3) is 0 Å². The number of nitrogens with one attached hydrogen (secondary N) is 1. The fraction of sp³-hybridized carbons (Fsp3) is 0.333. The molecule has 0 spiro atoms.